The molecule has 18 heavy (non-hydrogen) atoms. The lowest BCUT2D eigenvalue weighted by Crippen LogP contribution is -2.02. The number of aromatic nitrogens is 1. The molecule has 3 nitrogen and oxygen atoms in total. The van der Waals surface area contributed by atoms with Crippen molar-refractivity contribution in [3.63, 3.8) is 0 Å². The van der Waals surface area contributed by atoms with E-state index in [1.54, 1.807) is 18.3 Å². The molecule has 2 rings (SSSR count). The predicted molar refractivity (Wildman–Crippen MR) is 71.3 cm³/mol. The van der Waals surface area contributed by atoms with Crippen LogP contribution in [0.25, 0.3) is 0 Å². The molecular weight excluding hydrogens is 322 g/mol. The largest absolute Gasteiger partial charge is 0.452 e. The second kappa shape index (κ2) is 5.65. The van der Waals surface area contributed by atoms with Crippen molar-refractivity contribution in [1.29, 1.82) is 0 Å². The summed E-state index contributed by atoms with van der Waals surface area (Å²) in [7, 11) is 0. The highest BCUT2D eigenvalue weighted by atomic mass is 79.9. The molecule has 0 bridgehead atoms. The first kappa shape index (κ1) is 13.3. The molecule has 0 saturated carbocycles. The van der Waals surface area contributed by atoms with Crippen molar-refractivity contribution in [1.82, 2.24) is 4.98 Å². The number of hydrogen-bond acceptors (Lipinski definition) is 3. The number of benzene rings is 1. The molecule has 6 heteroatoms. The van der Waals surface area contributed by atoms with Crippen LogP contribution in [0.15, 0.2) is 34.9 Å². The van der Waals surface area contributed by atoms with Crippen LogP contribution in [-0.2, 0) is 6.54 Å². The third kappa shape index (κ3) is 2.98. The molecule has 2 N–H and O–H groups in total. The molecule has 0 fully saturated rings. The normalized spacial score (nSPS) is 10.4. The predicted octanol–water partition coefficient (Wildman–Crippen LogP) is 3.89. The van der Waals surface area contributed by atoms with Gasteiger partial charge in [-0.05, 0) is 40.2 Å². The SMILES string of the molecule is NCc1ncc(Br)cc1Oc1ccc(Cl)cc1F. The first-order valence-electron chi connectivity index (χ1n) is 5.07. The second-order valence-corrected chi connectivity index (χ2v) is 4.83. The zero-order valence-electron chi connectivity index (χ0n) is 9.16. The minimum absolute atomic E-state index is 0.0778. The summed E-state index contributed by atoms with van der Waals surface area (Å²) in [5, 5.41) is 0.311. The van der Waals surface area contributed by atoms with Gasteiger partial charge in [-0.25, -0.2) is 4.39 Å². The maximum atomic E-state index is 13.6. The molecule has 0 spiro atoms. The molecule has 0 aliphatic carbocycles. The van der Waals surface area contributed by atoms with Gasteiger partial charge >= 0.3 is 0 Å². The molecule has 0 unspecified atom stereocenters. The molecule has 1 aromatic carbocycles. The van der Waals surface area contributed by atoms with E-state index in [0.717, 1.165) is 4.47 Å². The first-order chi connectivity index (χ1) is 8.60. The summed E-state index contributed by atoms with van der Waals surface area (Å²) in [4.78, 5) is 4.09. The van der Waals surface area contributed by atoms with Gasteiger partial charge in [-0.3, -0.25) is 4.98 Å². The lowest BCUT2D eigenvalue weighted by molar-refractivity contribution is 0.435. The Hall–Kier alpha value is -1.17. The molecule has 0 aliphatic heterocycles. The van der Waals surface area contributed by atoms with Crippen LogP contribution in [0, 0.1) is 5.82 Å². The van der Waals surface area contributed by atoms with Crippen molar-refractivity contribution in [2.45, 2.75) is 6.54 Å². The summed E-state index contributed by atoms with van der Waals surface area (Å²) < 4.78 is 19.8. The van der Waals surface area contributed by atoms with E-state index in [4.69, 9.17) is 22.1 Å². The van der Waals surface area contributed by atoms with E-state index < -0.39 is 5.82 Å². The average molecular weight is 332 g/mol. The van der Waals surface area contributed by atoms with Crippen LogP contribution in [0.3, 0.4) is 0 Å². The summed E-state index contributed by atoms with van der Waals surface area (Å²) >= 11 is 8.94. The Balaban J connectivity index is 2.36. The minimum Gasteiger partial charge on any atom is -0.452 e. The van der Waals surface area contributed by atoms with Crippen LogP contribution < -0.4 is 10.5 Å². The standard InChI is InChI=1S/C12H9BrClFN2O/c13-7-3-12(10(5-16)17-6-7)18-11-2-1-8(14)4-9(11)15/h1-4,6H,5,16H2. The van der Waals surface area contributed by atoms with Gasteiger partial charge in [0, 0.05) is 22.2 Å². The highest BCUT2D eigenvalue weighted by molar-refractivity contribution is 9.10. The Morgan fingerprint density at radius 3 is 2.78 bits per heavy atom. The Morgan fingerprint density at radius 1 is 1.33 bits per heavy atom. The van der Waals surface area contributed by atoms with E-state index in [9.17, 15) is 4.39 Å². The summed E-state index contributed by atoms with van der Waals surface area (Å²) in [5.74, 6) is -0.0486. The number of nitrogens with two attached hydrogens (primary N) is 1. The van der Waals surface area contributed by atoms with Gasteiger partial charge in [0.05, 0.1) is 5.69 Å². The Bertz CT molecular complexity index is 580. The van der Waals surface area contributed by atoms with Gasteiger partial charge in [0.2, 0.25) is 0 Å². The highest BCUT2D eigenvalue weighted by Gasteiger charge is 2.10. The maximum Gasteiger partial charge on any atom is 0.167 e. The third-order valence-electron chi connectivity index (χ3n) is 2.20. The number of pyridine rings is 1. The van der Waals surface area contributed by atoms with Gasteiger partial charge in [0.1, 0.15) is 0 Å². The smallest absolute Gasteiger partial charge is 0.167 e. The molecule has 0 amide bonds. The van der Waals surface area contributed by atoms with Crippen molar-refractivity contribution in [2.24, 2.45) is 5.73 Å². The summed E-state index contributed by atoms with van der Waals surface area (Å²) in [5.41, 5.74) is 6.09. The number of rotatable bonds is 3. The summed E-state index contributed by atoms with van der Waals surface area (Å²) in [6, 6.07) is 5.88. The van der Waals surface area contributed by atoms with Crippen molar-refractivity contribution >= 4 is 27.5 Å². The van der Waals surface area contributed by atoms with Gasteiger partial charge in [0.25, 0.3) is 0 Å². The van der Waals surface area contributed by atoms with Crippen molar-refractivity contribution < 1.29 is 9.13 Å². The van der Waals surface area contributed by atoms with Gasteiger partial charge in [-0.15, -0.1) is 0 Å². The van der Waals surface area contributed by atoms with E-state index in [1.807, 2.05) is 0 Å². The van der Waals surface area contributed by atoms with Crippen LogP contribution in [0.2, 0.25) is 5.02 Å². The number of ether oxygens (including phenoxy) is 1. The van der Waals surface area contributed by atoms with Gasteiger partial charge in [0.15, 0.2) is 17.3 Å². The quantitative estimate of drug-likeness (QED) is 0.928. The van der Waals surface area contributed by atoms with Crippen molar-refractivity contribution in [3.05, 3.63) is 51.5 Å². The van der Waals surface area contributed by atoms with E-state index >= 15 is 0 Å². The monoisotopic (exact) mass is 330 g/mol. The van der Waals surface area contributed by atoms with E-state index in [0.29, 0.717) is 16.5 Å². The average Bonchev–Trinajstić information content (AvgIpc) is 2.33. The second-order valence-electron chi connectivity index (χ2n) is 3.48. The lowest BCUT2D eigenvalue weighted by Gasteiger charge is -2.10. The zero-order valence-corrected chi connectivity index (χ0v) is 11.5. The fraction of sp³-hybridized carbons (Fsp3) is 0.0833. The molecule has 1 aromatic heterocycles. The minimum atomic E-state index is -0.537. The molecule has 0 aliphatic rings. The van der Waals surface area contributed by atoms with Crippen molar-refractivity contribution in [2.75, 3.05) is 0 Å². The van der Waals surface area contributed by atoms with Crippen LogP contribution in [0.4, 0.5) is 4.39 Å². The fourth-order valence-corrected chi connectivity index (χ4v) is 1.84. The maximum absolute atomic E-state index is 13.6. The Labute approximate surface area is 117 Å². The van der Waals surface area contributed by atoms with E-state index in [1.165, 1.54) is 12.1 Å². The van der Waals surface area contributed by atoms with Crippen LogP contribution in [-0.4, -0.2) is 4.98 Å². The van der Waals surface area contributed by atoms with Gasteiger partial charge < -0.3 is 10.5 Å². The number of hydrogen-bond donors (Lipinski definition) is 1. The van der Waals surface area contributed by atoms with Crippen molar-refractivity contribution in [3.8, 4) is 11.5 Å². The molecule has 1 heterocycles. The molecule has 2 aromatic rings. The number of nitrogens with zero attached hydrogens (tertiary/aromatic N) is 1. The first-order valence-corrected chi connectivity index (χ1v) is 6.24. The molecular formula is C12H9BrClFN2O. The third-order valence-corrected chi connectivity index (χ3v) is 2.87. The number of halogens is 3. The van der Waals surface area contributed by atoms with Gasteiger partial charge in [-0.2, -0.15) is 0 Å². The van der Waals surface area contributed by atoms with E-state index in [2.05, 4.69) is 20.9 Å². The Kier molecular flexibility index (Phi) is 4.16. The zero-order chi connectivity index (χ0) is 13.1. The molecule has 0 atom stereocenters. The molecule has 94 valence electrons. The lowest BCUT2D eigenvalue weighted by atomic mass is 10.3. The van der Waals surface area contributed by atoms with Crippen LogP contribution in [0.1, 0.15) is 5.69 Å². The fourth-order valence-electron chi connectivity index (χ4n) is 1.37. The van der Waals surface area contributed by atoms with E-state index in [-0.39, 0.29) is 12.3 Å². The van der Waals surface area contributed by atoms with Gasteiger partial charge in [-0.1, -0.05) is 11.6 Å². The molecule has 0 saturated heterocycles. The summed E-state index contributed by atoms with van der Waals surface area (Å²) in [6.07, 6.45) is 1.60. The Morgan fingerprint density at radius 2 is 2.11 bits per heavy atom. The summed E-state index contributed by atoms with van der Waals surface area (Å²) in [6.45, 7) is 0.206. The van der Waals surface area contributed by atoms with Crippen LogP contribution in [0.5, 0.6) is 11.5 Å². The molecule has 0 radical (unpaired) electrons. The van der Waals surface area contributed by atoms with Crippen LogP contribution >= 0.6 is 27.5 Å². The highest BCUT2D eigenvalue weighted by Crippen LogP contribution is 2.29. The topological polar surface area (TPSA) is 48.1 Å².